The maximum Gasteiger partial charge on any atom is 0.163 e. The van der Waals surface area contributed by atoms with Gasteiger partial charge in [0.15, 0.2) is 5.78 Å². The Morgan fingerprint density at radius 2 is 2.00 bits per heavy atom. The first-order chi connectivity index (χ1) is 6.90. The molecule has 0 bridgehead atoms. The first-order valence-electron chi connectivity index (χ1n) is 4.82. The van der Waals surface area contributed by atoms with E-state index in [9.17, 15) is 9.18 Å². The summed E-state index contributed by atoms with van der Waals surface area (Å²) < 4.78 is 18.5. The van der Waals surface area contributed by atoms with Crippen LogP contribution in [-0.4, -0.2) is 18.1 Å². The van der Waals surface area contributed by atoms with Gasteiger partial charge in [-0.25, -0.2) is 4.39 Å². The highest BCUT2D eigenvalue weighted by atomic mass is 19.1. The second-order valence-corrected chi connectivity index (χ2v) is 4.06. The van der Waals surface area contributed by atoms with Crippen molar-refractivity contribution in [1.29, 1.82) is 0 Å². The predicted octanol–water partition coefficient (Wildman–Crippen LogP) is 3.02. The number of carbonyl (C=O) groups excluding carboxylic acids is 1. The SMILES string of the molecule is CC(=O)c1ccccc1OCC(C)(C)F. The van der Waals surface area contributed by atoms with E-state index in [-0.39, 0.29) is 12.4 Å². The molecule has 15 heavy (non-hydrogen) atoms. The third-order valence-electron chi connectivity index (χ3n) is 1.84. The van der Waals surface area contributed by atoms with Gasteiger partial charge in [-0.1, -0.05) is 12.1 Å². The van der Waals surface area contributed by atoms with Crippen molar-refractivity contribution in [3.63, 3.8) is 0 Å². The first kappa shape index (κ1) is 11.7. The number of hydrogen-bond donors (Lipinski definition) is 0. The molecule has 0 unspecified atom stereocenters. The van der Waals surface area contributed by atoms with Crippen LogP contribution >= 0.6 is 0 Å². The van der Waals surface area contributed by atoms with Crippen molar-refractivity contribution in [3.8, 4) is 5.75 Å². The number of para-hydroxylation sites is 1. The molecule has 0 spiro atoms. The second-order valence-electron chi connectivity index (χ2n) is 4.06. The Hall–Kier alpha value is -1.38. The maximum atomic E-state index is 13.2. The molecule has 1 aromatic rings. The molecule has 0 saturated heterocycles. The molecule has 0 amide bonds. The van der Waals surface area contributed by atoms with Gasteiger partial charge in [0.05, 0.1) is 5.56 Å². The largest absolute Gasteiger partial charge is 0.490 e. The average molecular weight is 210 g/mol. The van der Waals surface area contributed by atoms with Gasteiger partial charge in [-0.3, -0.25) is 4.79 Å². The van der Waals surface area contributed by atoms with Crippen molar-refractivity contribution in [2.45, 2.75) is 26.4 Å². The molecular weight excluding hydrogens is 195 g/mol. The fourth-order valence-corrected chi connectivity index (χ4v) is 1.13. The number of ketones is 1. The first-order valence-corrected chi connectivity index (χ1v) is 4.82. The van der Waals surface area contributed by atoms with E-state index in [2.05, 4.69) is 0 Å². The number of ether oxygens (including phenoxy) is 1. The lowest BCUT2D eigenvalue weighted by Crippen LogP contribution is -2.23. The maximum absolute atomic E-state index is 13.2. The molecule has 0 aliphatic rings. The summed E-state index contributed by atoms with van der Waals surface area (Å²) >= 11 is 0. The average Bonchev–Trinajstić information content (AvgIpc) is 2.14. The summed E-state index contributed by atoms with van der Waals surface area (Å²) in [6.07, 6.45) is 0. The van der Waals surface area contributed by atoms with E-state index in [4.69, 9.17) is 4.74 Å². The highest BCUT2D eigenvalue weighted by Gasteiger charge is 2.17. The lowest BCUT2D eigenvalue weighted by atomic mass is 10.1. The van der Waals surface area contributed by atoms with E-state index in [0.717, 1.165) is 0 Å². The van der Waals surface area contributed by atoms with E-state index in [1.807, 2.05) is 0 Å². The number of Topliss-reactive ketones (excluding diaryl/α,β-unsaturated/α-hetero) is 1. The molecule has 0 aromatic heterocycles. The Morgan fingerprint density at radius 3 is 2.53 bits per heavy atom. The lowest BCUT2D eigenvalue weighted by molar-refractivity contribution is 0.0991. The molecule has 1 aromatic carbocycles. The molecule has 0 fully saturated rings. The van der Waals surface area contributed by atoms with E-state index in [1.165, 1.54) is 20.8 Å². The number of halogens is 1. The molecular formula is C12H15FO2. The van der Waals surface area contributed by atoms with Crippen LogP contribution in [0.25, 0.3) is 0 Å². The summed E-state index contributed by atoms with van der Waals surface area (Å²) in [6, 6.07) is 6.85. The van der Waals surface area contributed by atoms with E-state index >= 15 is 0 Å². The van der Waals surface area contributed by atoms with Crippen LogP contribution in [0, 0.1) is 0 Å². The van der Waals surface area contributed by atoms with Crippen LogP contribution in [-0.2, 0) is 0 Å². The summed E-state index contributed by atoms with van der Waals surface area (Å²) in [5.74, 6) is 0.359. The van der Waals surface area contributed by atoms with Crippen molar-refractivity contribution in [2.75, 3.05) is 6.61 Å². The number of benzene rings is 1. The topological polar surface area (TPSA) is 26.3 Å². The van der Waals surface area contributed by atoms with Gasteiger partial charge in [0, 0.05) is 0 Å². The Labute approximate surface area is 89.1 Å². The van der Waals surface area contributed by atoms with E-state index in [1.54, 1.807) is 24.3 Å². The molecule has 0 radical (unpaired) electrons. The van der Waals surface area contributed by atoms with Crippen molar-refractivity contribution in [3.05, 3.63) is 29.8 Å². The van der Waals surface area contributed by atoms with Crippen LogP contribution < -0.4 is 4.74 Å². The minimum atomic E-state index is -1.40. The zero-order valence-corrected chi connectivity index (χ0v) is 9.21. The smallest absolute Gasteiger partial charge is 0.163 e. The molecule has 0 saturated carbocycles. The highest BCUT2D eigenvalue weighted by molar-refractivity contribution is 5.96. The van der Waals surface area contributed by atoms with Crippen LogP contribution in [0.15, 0.2) is 24.3 Å². The third kappa shape index (κ3) is 3.70. The summed E-state index contributed by atoms with van der Waals surface area (Å²) in [5.41, 5.74) is -0.911. The van der Waals surface area contributed by atoms with Crippen LogP contribution in [0.4, 0.5) is 4.39 Å². The summed E-state index contributed by atoms with van der Waals surface area (Å²) in [5, 5.41) is 0. The second kappa shape index (κ2) is 4.43. The molecule has 0 N–H and O–H groups in total. The van der Waals surface area contributed by atoms with E-state index < -0.39 is 5.67 Å². The normalized spacial score (nSPS) is 11.2. The summed E-state index contributed by atoms with van der Waals surface area (Å²) in [6.45, 7) is 4.27. The molecule has 82 valence electrons. The Bertz CT molecular complexity index is 353. The summed E-state index contributed by atoms with van der Waals surface area (Å²) in [7, 11) is 0. The molecule has 0 heterocycles. The highest BCUT2D eigenvalue weighted by Crippen LogP contribution is 2.20. The quantitative estimate of drug-likeness (QED) is 0.714. The van der Waals surface area contributed by atoms with Gasteiger partial charge >= 0.3 is 0 Å². The number of alkyl halides is 1. The van der Waals surface area contributed by atoms with Gasteiger partial charge in [0.2, 0.25) is 0 Å². The number of rotatable bonds is 4. The van der Waals surface area contributed by atoms with Crippen LogP contribution in [0.1, 0.15) is 31.1 Å². The minimum Gasteiger partial charge on any atom is -0.490 e. The standard InChI is InChI=1S/C12H15FO2/c1-9(14)10-6-4-5-7-11(10)15-8-12(2,3)13/h4-7H,8H2,1-3H3. The van der Waals surface area contributed by atoms with Crippen molar-refractivity contribution in [1.82, 2.24) is 0 Å². The lowest BCUT2D eigenvalue weighted by Gasteiger charge is -2.16. The third-order valence-corrected chi connectivity index (χ3v) is 1.84. The fourth-order valence-electron chi connectivity index (χ4n) is 1.13. The van der Waals surface area contributed by atoms with Crippen LogP contribution in [0.5, 0.6) is 5.75 Å². The molecule has 2 nitrogen and oxygen atoms in total. The van der Waals surface area contributed by atoms with Crippen LogP contribution in [0.2, 0.25) is 0 Å². The Morgan fingerprint density at radius 1 is 1.40 bits per heavy atom. The van der Waals surface area contributed by atoms with E-state index in [0.29, 0.717) is 11.3 Å². The number of hydrogen-bond acceptors (Lipinski definition) is 2. The van der Waals surface area contributed by atoms with Gasteiger partial charge < -0.3 is 4.74 Å². The Balaban J connectivity index is 2.81. The molecule has 0 atom stereocenters. The Kier molecular flexibility index (Phi) is 3.45. The zero-order valence-electron chi connectivity index (χ0n) is 9.21. The monoisotopic (exact) mass is 210 g/mol. The molecule has 1 rings (SSSR count). The zero-order chi connectivity index (χ0) is 11.5. The minimum absolute atomic E-state index is 0.0582. The molecule has 0 aliphatic heterocycles. The van der Waals surface area contributed by atoms with Crippen LogP contribution in [0.3, 0.4) is 0 Å². The van der Waals surface area contributed by atoms with Gasteiger partial charge in [-0.15, -0.1) is 0 Å². The van der Waals surface area contributed by atoms with Gasteiger partial charge in [0.1, 0.15) is 18.0 Å². The summed E-state index contributed by atoms with van der Waals surface area (Å²) in [4.78, 5) is 11.2. The predicted molar refractivity (Wildman–Crippen MR) is 57.1 cm³/mol. The fraction of sp³-hybridized carbons (Fsp3) is 0.417. The van der Waals surface area contributed by atoms with Gasteiger partial charge in [0.25, 0.3) is 0 Å². The van der Waals surface area contributed by atoms with Gasteiger partial charge in [-0.05, 0) is 32.9 Å². The molecule has 0 aliphatic carbocycles. The molecule has 3 heteroatoms. The van der Waals surface area contributed by atoms with Crippen molar-refractivity contribution < 1.29 is 13.9 Å². The van der Waals surface area contributed by atoms with Gasteiger partial charge in [-0.2, -0.15) is 0 Å². The van der Waals surface area contributed by atoms with Crippen molar-refractivity contribution in [2.24, 2.45) is 0 Å². The van der Waals surface area contributed by atoms with Crippen molar-refractivity contribution >= 4 is 5.78 Å². The number of carbonyl (C=O) groups is 1.